The highest BCUT2D eigenvalue weighted by Crippen LogP contribution is 2.35. The topological polar surface area (TPSA) is 54.9 Å². The fourth-order valence-corrected chi connectivity index (χ4v) is 3.75. The molecular weight excluding hydrogens is 375 g/mol. The van der Waals surface area contributed by atoms with E-state index in [2.05, 4.69) is 15.3 Å². The zero-order valence-electron chi connectivity index (χ0n) is 13.1. The number of anilines is 1. The zero-order valence-corrected chi connectivity index (χ0v) is 14.6. The number of hydrogen-bond acceptors (Lipinski definition) is 4. The van der Waals surface area contributed by atoms with Gasteiger partial charge in [0.25, 0.3) is 0 Å². The highest BCUT2D eigenvalue weighted by molar-refractivity contribution is 7.14. The third-order valence-corrected chi connectivity index (χ3v) is 5.17. The van der Waals surface area contributed by atoms with Crippen molar-refractivity contribution >= 4 is 34.0 Å². The number of rotatable bonds is 3. The number of carbonyl (C=O) groups excluding carboxylic acids is 1. The summed E-state index contributed by atoms with van der Waals surface area (Å²) in [6.45, 7) is 0. The lowest BCUT2D eigenvalue weighted by atomic mass is 9.89. The summed E-state index contributed by atoms with van der Waals surface area (Å²) >= 11 is 7.11. The minimum absolute atomic E-state index is 0.00566. The lowest BCUT2D eigenvalue weighted by Gasteiger charge is -2.19. The average molecular weight is 390 g/mol. The summed E-state index contributed by atoms with van der Waals surface area (Å²) in [4.78, 5) is 20.2. The van der Waals surface area contributed by atoms with E-state index in [4.69, 9.17) is 11.6 Å². The van der Waals surface area contributed by atoms with Gasteiger partial charge < -0.3 is 5.32 Å². The van der Waals surface area contributed by atoms with Crippen LogP contribution in [0.5, 0.6) is 0 Å². The van der Waals surface area contributed by atoms with Crippen molar-refractivity contribution in [1.29, 1.82) is 0 Å². The van der Waals surface area contributed by atoms with Gasteiger partial charge in [0.2, 0.25) is 5.91 Å². The van der Waals surface area contributed by atoms with Crippen molar-refractivity contribution < 1.29 is 18.0 Å². The second kappa shape index (κ2) is 7.29. The van der Waals surface area contributed by atoms with Crippen molar-refractivity contribution in [3.8, 4) is 11.4 Å². The molecule has 1 fully saturated rings. The van der Waals surface area contributed by atoms with Gasteiger partial charge in [-0.15, -0.1) is 11.3 Å². The standard InChI is InChI=1S/C16H15ClF3N3OS/c17-11-6-10(16(18,19)20)7-21-13(11)12-8-25-15(22-12)23-14(24)9-4-2-1-3-5-9/h6-9H,1-5H2,(H,22,23,24). The molecule has 1 N–H and O–H groups in total. The van der Waals surface area contributed by atoms with Crippen LogP contribution in [-0.2, 0) is 11.0 Å². The first-order chi connectivity index (χ1) is 11.8. The maximum Gasteiger partial charge on any atom is 0.417 e. The number of thiazole rings is 1. The normalized spacial score (nSPS) is 16.0. The number of nitrogens with one attached hydrogen (secondary N) is 1. The van der Waals surface area contributed by atoms with Crippen molar-refractivity contribution in [2.75, 3.05) is 5.32 Å². The van der Waals surface area contributed by atoms with Crippen molar-refractivity contribution in [3.05, 3.63) is 28.2 Å². The number of pyridine rings is 1. The maximum absolute atomic E-state index is 12.7. The number of halogens is 4. The largest absolute Gasteiger partial charge is 0.417 e. The molecule has 0 saturated heterocycles. The van der Waals surface area contributed by atoms with E-state index in [1.54, 1.807) is 5.38 Å². The van der Waals surface area contributed by atoms with E-state index < -0.39 is 11.7 Å². The van der Waals surface area contributed by atoms with E-state index >= 15 is 0 Å². The van der Waals surface area contributed by atoms with Crippen LogP contribution in [0.25, 0.3) is 11.4 Å². The predicted molar refractivity (Wildman–Crippen MR) is 90.6 cm³/mol. The van der Waals surface area contributed by atoms with Crippen LogP contribution in [-0.4, -0.2) is 15.9 Å². The molecule has 0 bridgehead atoms. The Kier molecular flexibility index (Phi) is 5.29. The minimum atomic E-state index is -4.50. The van der Waals surface area contributed by atoms with Gasteiger partial charge in [-0.2, -0.15) is 13.2 Å². The predicted octanol–water partition coefficient (Wildman–Crippen LogP) is 5.40. The molecule has 0 atom stereocenters. The summed E-state index contributed by atoms with van der Waals surface area (Å²) in [5, 5.41) is 4.64. The van der Waals surface area contributed by atoms with Crippen molar-refractivity contribution in [3.63, 3.8) is 0 Å². The fourth-order valence-electron chi connectivity index (χ4n) is 2.79. The van der Waals surface area contributed by atoms with E-state index in [1.807, 2.05) is 0 Å². The number of carbonyl (C=O) groups is 1. The number of amides is 1. The second-order valence-corrected chi connectivity index (χ2v) is 7.18. The summed E-state index contributed by atoms with van der Waals surface area (Å²) in [6.07, 6.45) is 1.21. The molecule has 0 aromatic carbocycles. The molecule has 0 spiro atoms. The van der Waals surface area contributed by atoms with Crippen molar-refractivity contribution in [2.24, 2.45) is 5.92 Å². The third-order valence-electron chi connectivity index (χ3n) is 4.12. The first kappa shape index (κ1) is 18.1. The molecule has 134 valence electrons. The molecule has 1 amide bonds. The molecule has 0 aliphatic heterocycles. The summed E-state index contributed by atoms with van der Waals surface area (Å²) in [5.74, 6) is -0.0686. The van der Waals surface area contributed by atoms with Crippen molar-refractivity contribution in [1.82, 2.24) is 9.97 Å². The monoisotopic (exact) mass is 389 g/mol. The number of aromatic nitrogens is 2. The molecule has 2 aromatic rings. The molecule has 2 aromatic heterocycles. The van der Waals surface area contributed by atoms with Crippen LogP contribution in [0.15, 0.2) is 17.6 Å². The van der Waals surface area contributed by atoms with Gasteiger partial charge in [0, 0.05) is 17.5 Å². The molecule has 0 unspecified atom stereocenters. The first-order valence-corrected chi connectivity index (χ1v) is 9.10. The number of hydrogen-bond donors (Lipinski definition) is 1. The van der Waals surface area contributed by atoms with Gasteiger partial charge in [-0.25, -0.2) is 4.98 Å². The van der Waals surface area contributed by atoms with E-state index in [1.165, 1.54) is 11.3 Å². The van der Waals surface area contributed by atoms with Crippen LogP contribution >= 0.6 is 22.9 Å². The zero-order chi connectivity index (χ0) is 18.0. The van der Waals surface area contributed by atoms with E-state index in [-0.39, 0.29) is 22.5 Å². The van der Waals surface area contributed by atoms with Gasteiger partial charge in [-0.3, -0.25) is 9.78 Å². The smallest absolute Gasteiger partial charge is 0.302 e. The molecular formula is C16H15ClF3N3OS. The Labute approximate surface area is 151 Å². The maximum atomic E-state index is 12.7. The lowest BCUT2D eigenvalue weighted by molar-refractivity contribution is -0.137. The van der Waals surface area contributed by atoms with E-state index in [9.17, 15) is 18.0 Å². The average Bonchev–Trinajstić information content (AvgIpc) is 3.03. The Balaban J connectivity index is 1.74. The SMILES string of the molecule is O=C(Nc1nc(-c2ncc(C(F)(F)F)cc2Cl)cs1)C1CCCCC1. The quantitative estimate of drug-likeness (QED) is 0.765. The Morgan fingerprint density at radius 1 is 1.28 bits per heavy atom. The van der Waals surface area contributed by atoms with Crippen LogP contribution in [0.2, 0.25) is 5.02 Å². The van der Waals surface area contributed by atoms with E-state index in [0.29, 0.717) is 10.8 Å². The van der Waals surface area contributed by atoms with Gasteiger partial charge in [-0.1, -0.05) is 30.9 Å². The second-order valence-electron chi connectivity index (χ2n) is 5.91. The number of nitrogens with zero attached hydrogens (tertiary/aromatic N) is 2. The van der Waals surface area contributed by atoms with Crippen LogP contribution in [0, 0.1) is 5.92 Å². The number of alkyl halides is 3. The molecule has 25 heavy (non-hydrogen) atoms. The van der Waals surface area contributed by atoms with E-state index in [0.717, 1.165) is 44.4 Å². The molecule has 1 aliphatic rings. The Morgan fingerprint density at radius 3 is 2.64 bits per heavy atom. The molecule has 2 heterocycles. The summed E-state index contributed by atoms with van der Waals surface area (Å²) < 4.78 is 38.0. The lowest BCUT2D eigenvalue weighted by Crippen LogP contribution is -2.24. The minimum Gasteiger partial charge on any atom is -0.302 e. The van der Waals surface area contributed by atoms with Crippen LogP contribution in [0.4, 0.5) is 18.3 Å². The Morgan fingerprint density at radius 2 is 2.00 bits per heavy atom. The van der Waals surface area contributed by atoms with Crippen LogP contribution in [0.3, 0.4) is 0 Å². The molecule has 0 radical (unpaired) electrons. The Hall–Kier alpha value is -1.67. The highest BCUT2D eigenvalue weighted by atomic mass is 35.5. The molecule has 1 aliphatic carbocycles. The van der Waals surface area contributed by atoms with Gasteiger partial charge in [0.05, 0.1) is 10.6 Å². The summed E-state index contributed by atoms with van der Waals surface area (Å²) in [7, 11) is 0. The van der Waals surface area contributed by atoms with Gasteiger partial charge in [-0.05, 0) is 18.9 Å². The molecule has 9 heteroatoms. The van der Waals surface area contributed by atoms with Crippen LogP contribution in [0.1, 0.15) is 37.7 Å². The summed E-state index contributed by atoms with van der Waals surface area (Å²) in [5.41, 5.74) is -0.422. The third kappa shape index (κ3) is 4.30. The fraction of sp³-hybridized carbons (Fsp3) is 0.438. The van der Waals surface area contributed by atoms with Gasteiger partial charge in [0.1, 0.15) is 11.4 Å². The molecule has 3 rings (SSSR count). The van der Waals surface area contributed by atoms with Gasteiger partial charge >= 0.3 is 6.18 Å². The Bertz CT molecular complexity index is 772. The van der Waals surface area contributed by atoms with Crippen LogP contribution < -0.4 is 5.32 Å². The molecule has 1 saturated carbocycles. The summed E-state index contributed by atoms with van der Waals surface area (Å²) in [6, 6.07) is 0.823. The highest BCUT2D eigenvalue weighted by Gasteiger charge is 2.32. The first-order valence-electron chi connectivity index (χ1n) is 7.84. The van der Waals surface area contributed by atoms with Gasteiger partial charge in [0.15, 0.2) is 5.13 Å². The molecule has 4 nitrogen and oxygen atoms in total. The van der Waals surface area contributed by atoms with Crippen molar-refractivity contribution in [2.45, 2.75) is 38.3 Å².